The minimum atomic E-state index is -1.39. The maximum atomic E-state index is 12.5. The highest BCUT2D eigenvalue weighted by Crippen LogP contribution is 2.18. The van der Waals surface area contributed by atoms with Crippen molar-refractivity contribution in [3.63, 3.8) is 0 Å². The number of hydrogen-bond donors (Lipinski definition) is 2. The summed E-state index contributed by atoms with van der Waals surface area (Å²) in [5.41, 5.74) is 2.87. The summed E-state index contributed by atoms with van der Waals surface area (Å²) >= 11 is 0. The first-order valence-electron chi connectivity index (χ1n) is 9.55. The molecule has 0 fully saturated rings. The Hall–Kier alpha value is -4.13. The highest BCUT2D eigenvalue weighted by Gasteiger charge is 2.11. The molecule has 7 heteroatoms. The number of aryl methyl sites for hydroxylation is 2. The average molecular weight is 417 g/mol. The Labute approximate surface area is 179 Å². The zero-order valence-electron chi connectivity index (χ0n) is 17.1. The van der Waals surface area contributed by atoms with Crippen LogP contribution in [0.4, 0.5) is 11.4 Å². The predicted molar refractivity (Wildman–Crippen MR) is 115 cm³/mol. The molecule has 0 aromatic heterocycles. The molecule has 0 heterocycles. The number of ether oxygens (including phenoxy) is 1. The number of amides is 2. The van der Waals surface area contributed by atoms with Gasteiger partial charge in [-0.2, -0.15) is 0 Å². The first-order chi connectivity index (χ1) is 14.8. The van der Waals surface area contributed by atoms with Crippen molar-refractivity contribution in [3.05, 3.63) is 89.0 Å². The van der Waals surface area contributed by atoms with Crippen molar-refractivity contribution in [1.82, 2.24) is 0 Å². The number of nitrogens with one attached hydrogen (secondary N) is 2. The molecule has 158 valence electrons. The second-order valence-electron chi connectivity index (χ2n) is 6.95. The molecular weight excluding hydrogens is 396 g/mol. The fraction of sp³-hybridized carbons (Fsp3) is 0.125. The minimum Gasteiger partial charge on any atom is -0.545 e. The molecule has 7 nitrogen and oxygen atoms in total. The lowest BCUT2D eigenvalue weighted by Crippen LogP contribution is -2.25. The lowest BCUT2D eigenvalue weighted by Gasteiger charge is -2.12. The van der Waals surface area contributed by atoms with Crippen LogP contribution in [-0.4, -0.2) is 24.4 Å². The van der Waals surface area contributed by atoms with E-state index in [0.717, 1.165) is 11.1 Å². The Morgan fingerprint density at radius 2 is 1.65 bits per heavy atom. The van der Waals surface area contributed by atoms with Crippen LogP contribution in [0, 0.1) is 13.8 Å². The Bertz CT molecular complexity index is 1140. The number of hydrogen-bond acceptors (Lipinski definition) is 5. The number of para-hydroxylation sites is 1. The van der Waals surface area contributed by atoms with Crippen LogP contribution in [0.1, 0.15) is 31.8 Å². The number of carboxylic acid groups (broad SMARTS) is 1. The summed E-state index contributed by atoms with van der Waals surface area (Å²) in [4.78, 5) is 35.9. The van der Waals surface area contributed by atoms with Gasteiger partial charge in [-0.05, 0) is 61.4 Å². The van der Waals surface area contributed by atoms with Crippen LogP contribution in [0.25, 0.3) is 0 Å². The lowest BCUT2D eigenvalue weighted by atomic mass is 10.1. The second-order valence-corrected chi connectivity index (χ2v) is 6.95. The molecule has 0 saturated heterocycles. The van der Waals surface area contributed by atoms with Gasteiger partial charge in [-0.3, -0.25) is 9.59 Å². The van der Waals surface area contributed by atoms with Crippen molar-refractivity contribution in [2.75, 3.05) is 17.2 Å². The van der Waals surface area contributed by atoms with Gasteiger partial charge in [0.1, 0.15) is 5.75 Å². The van der Waals surface area contributed by atoms with Crippen molar-refractivity contribution in [3.8, 4) is 5.75 Å². The third kappa shape index (κ3) is 5.70. The molecule has 31 heavy (non-hydrogen) atoms. The Kier molecular flexibility index (Phi) is 6.67. The number of aromatic carboxylic acids is 1. The van der Waals surface area contributed by atoms with Crippen LogP contribution in [-0.2, 0) is 4.79 Å². The molecule has 0 aliphatic carbocycles. The lowest BCUT2D eigenvalue weighted by molar-refractivity contribution is -0.254. The fourth-order valence-electron chi connectivity index (χ4n) is 2.85. The number of carbonyl (C=O) groups excluding carboxylic acids is 3. The molecule has 0 radical (unpaired) electrons. The summed E-state index contributed by atoms with van der Waals surface area (Å²) < 4.78 is 5.52. The molecule has 0 atom stereocenters. The van der Waals surface area contributed by atoms with E-state index in [1.165, 1.54) is 24.3 Å². The van der Waals surface area contributed by atoms with Gasteiger partial charge in [0.15, 0.2) is 6.61 Å². The normalized spacial score (nSPS) is 10.3. The zero-order chi connectivity index (χ0) is 22.4. The number of carbonyl (C=O) groups is 3. The first-order valence-corrected chi connectivity index (χ1v) is 9.55. The Balaban J connectivity index is 1.63. The molecule has 0 bridgehead atoms. The van der Waals surface area contributed by atoms with Crippen molar-refractivity contribution in [2.24, 2.45) is 0 Å². The van der Waals surface area contributed by atoms with E-state index in [1.807, 2.05) is 26.0 Å². The van der Waals surface area contributed by atoms with E-state index in [-0.39, 0.29) is 29.3 Å². The fourth-order valence-corrected chi connectivity index (χ4v) is 2.85. The first kappa shape index (κ1) is 21.6. The highest BCUT2D eigenvalue weighted by molar-refractivity contribution is 6.08. The minimum absolute atomic E-state index is 0.121. The summed E-state index contributed by atoms with van der Waals surface area (Å²) in [5, 5.41) is 16.4. The third-order valence-corrected chi connectivity index (χ3v) is 4.65. The van der Waals surface area contributed by atoms with Gasteiger partial charge in [0.2, 0.25) is 0 Å². The van der Waals surface area contributed by atoms with E-state index < -0.39 is 11.9 Å². The number of carboxylic acids is 1. The highest BCUT2D eigenvalue weighted by atomic mass is 16.5. The van der Waals surface area contributed by atoms with Gasteiger partial charge < -0.3 is 25.3 Å². The van der Waals surface area contributed by atoms with E-state index >= 15 is 0 Å². The van der Waals surface area contributed by atoms with Crippen LogP contribution in [0.2, 0.25) is 0 Å². The van der Waals surface area contributed by atoms with Gasteiger partial charge in [0.25, 0.3) is 11.8 Å². The molecule has 2 amide bonds. The Morgan fingerprint density at radius 3 is 2.39 bits per heavy atom. The third-order valence-electron chi connectivity index (χ3n) is 4.65. The molecule has 3 aromatic carbocycles. The summed E-state index contributed by atoms with van der Waals surface area (Å²) in [6, 6.07) is 17.8. The molecule has 0 spiro atoms. The van der Waals surface area contributed by atoms with Crippen LogP contribution in [0.15, 0.2) is 66.7 Å². The van der Waals surface area contributed by atoms with Crippen LogP contribution >= 0.6 is 0 Å². The van der Waals surface area contributed by atoms with Gasteiger partial charge in [-0.15, -0.1) is 0 Å². The summed E-state index contributed by atoms with van der Waals surface area (Å²) in [6.45, 7) is 3.77. The van der Waals surface area contributed by atoms with Crippen molar-refractivity contribution < 1.29 is 24.2 Å². The van der Waals surface area contributed by atoms with Gasteiger partial charge in [0, 0.05) is 16.8 Å². The Morgan fingerprint density at radius 1 is 0.871 bits per heavy atom. The maximum Gasteiger partial charge on any atom is 0.262 e. The summed E-state index contributed by atoms with van der Waals surface area (Å²) in [5.74, 6) is -1.69. The molecule has 0 saturated carbocycles. The predicted octanol–water partition coefficient (Wildman–Crippen LogP) is 2.94. The smallest absolute Gasteiger partial charge is 0.262 e. The molecular formula is C24H21N2O5-. The van der Waals surface area contributed by atoms with Crippen molar-refractivity contribution in [1.29, 1.82) is 0 Å². The number of benzene rings is 3. The van der Waals surface area contributed by atoms with Crippen LogP contribution < -0.4 is 20.5 Å². The maximum absolute atomic E-state index is 12.5. The van der Waals surface area contributed by atoms with Crippen molar-refractivity contribution >= 4 is 29.2 Å². The van der Waals surface area contributed by atoms with E-state index in [0.29, 0.717) is 11.4 Å². The van der Waals surface area contributed by atoms with E-state index in [1.54, 1.807) is 30.3 Å². The van der Waals surface area contributed by atoms with Crippen LogP contribution in [0.3, 0.4) is 0 Å². The van der Waals surface area contributed by atoms with Crippen molar-refractivity contribution in [2.45, 2.75) is 13.8 Å². The standard InChI is InChI=1S/C24H22N2O5/c1-15-10-11-19(12-16(15)2)31-14-22(27)25-18-7-5-6-17(13-18)23(28)26-21-9-4-3-8-20(21)24(29)30/h3-13H,14H2,1-2H3,(H,25,27)(H,26,28)(H,29,30)/p-1. The van der Waals surface area contributed by atoms with Gasteiger partial charge in [0.05, 0.1) is 11.7 Å². The van der Waals surface area contributed by atoms with Gasteiger partial charge >= 0.3 is 0 Å². The topological polar surface area (TPSA) is 108 Å². The number of anilines is 2. The molecule has 0 aliphatic heterocycles. The summed E-state index contributed by atoms with van der Waals surface area (Å²) in [6.07, 6.45) is 0. The molecule has 2 N–H and O–H groups in total. The van der Waals surface area contributed by atoms with Crippen LogP contribution in [0.5, 0.6) is 5.75 Å². The van der Waals surface area contributed by atoms with E-state index in [4.69, 9.17) is 4.74 Å². The average Bonchev–Trinajstić information content (AvgIpc) is 2.75. The molecule has 3 rings (SSSR count). The van der Waals surface area contributed by atoms with E-state index in [2.05, 4.69) is 10.6 Å². The molecule has 3 aromatic rings. The van der Waals surface area contributed by atoms with E-state index in [9.17, 15) is 19.5 Å². The summed E-state index contributed by atoms with van der Waals surface area (Å²) in [7, 11) is 0. The SMILES string of the molecule is Cc1ccc(OCC(=O)Nc2cccc(C(=O)Nc3ccccc3C(=O)[O-])c2)cc1C. The van der Waals surface area contributed by atoms with Gasteiger partial charge in [-0.1, -0.05) is 30.3 Å². The molecule has 0 unspecified atom stereocenters. The monoisotopic (exact) mass is 417 g/mol. The molecule has 0 aliphatic rings. The largest absolute Gasteiger partial charge is 0.545 e. The second kappa shape index (κ2) is 9.58. The van der Waals surface area contributed by atoms with Gasteiger partial charge in [-0.25, -0.2) is 0 Å². The number of rotatable bonds is 7. The quantitative estimate of drug-likeness (QED) is 0.615. The zero-order valence-corrected chi connectivity index (χ0v) is 17.1.